The molecule has 0 fully saturated rings. The number of nitrogens with one attached hydrogen (secondary N) is 1. The summed E-state index contributed by atoms with van der Waals surface area (Å²) in [6.45, 7) is 0. The van der Waals surface area contributed by atoms with Crippen molar-refractivity contribution in [3.8, 4) is 6.19 Å². The molecule has 0 atom stereocenters. The first-order valence-electron chi connectivity index (χ1n) is 3.33. The molecule has 2 N–H and O–H groups in total. The molecule has 0 aliphatic carbocycles. The molecule has 66 valence electrons. The molecule has 1 aromatic carbocycles. The van der Waals surface area contributed by atoms with Crippen molar-refractivity contribution in [1.29, 1.82) is 5.26 Å². The molecule has 0 heterocycles. The minimum Gasteiger partial charge on any atom is -0.478 e. The highest BCUT2D eigenvalue weighted by Crippen LogP contribution is 2.16. The number of hydrogen-bond acceptors (Lipinski definition) is 3. The monoisotopic (exact) mass is 180 g/mol. The summed E-state index contributed by atoms with van der Waals surface area (Å²) in [5.74, 6) is -1.81. The van der Waals surface area contributed by atoms with Crippen molar-refractivity contribution in [1.82, 2.24) is 0 Å². The van der Waals surface area contributed by atoms with Crippen LogP contribution in [0.1, 0.15) is 10.4 Å². The molecule has 0 spiro atoms. The normalized spacial score (nSPS) is 8.92. The Balaban J connectivity index is 3.20. The predicted octanol–water partition coefficient (Wildman–Crippen LogP) is 1.42. The number of anilines is 1. The van der Waals surface area contributed by atoms with Crippen LogP contribution in [0.25, 0.3) is 0 Å². The predicted molar refractivity (Wildman–Crippen MR) is 42.6 cm³/mol. The number of aromatic carboxylic acids is 1. The Bertz CT molecular complexity index is 384. The Morgan fingerprint density at radius 3 is 2.85 bits per heavy atom. The van der Waals surface area contributed by atoms with Crippen LogP contribution in [0.2, 0.25) is 0 Å². The second-order valence-electron chi connectivity index (χ2n) is 2.23. The van der Waals surface area contributed by atoms with Crippen molar-refractivity contribution in [2.45, 2.75) is 0 Å². The van der Waals surface area contributed by atoms with Crippen molar-refractivity contribution >= 4 is 11.7 Å². The zero-order chi connectivity index (χ0) is 9.84. The maximum atomic E-state index is 12.6. The van der Waals surface area contributed by atoms with Gasteiger partial charge in [-0.3, -0.25) is 5.32 Å². The average molecular weight is 180 g/mol. The van der Waals surface area contributed by atoms with Gasteiger partial charge in [0.05, 0.1) is 11.3 Å². The van der Waals surface area contributed by atoms with E-state index in [0.717, 1.165) is 18.2 Å². The Hall–Kier alpha value is -2.09. The van der Waals surface area contributed by atoms with Crippen LogP contribution in [0, 0.1) is 17.3 Å². The van der Waals surface area contributed by atoms with Crippen LogP contribution in [-0.4, -0.2) is 11.1 Å². The van der Waals surface area contributed by atoms with Gasteiger partial charge in [-0.15, -0.1) is 0 Å². The zero-order valence-electron chi connectivity index (χ0n) is 6.41. The first-order valence-corrected chi connectivity index (χ1v) is 3.33. The van der Waals surface area contributed by atoms with Gasteiger partial charge in [0.1, 0.15) is 5.82 Å². The lowest BCUT2D eigenvalue weighted by Crippen LogP contribution is -2.02. The van der Waals surface area contributed by atoms with E-state index in [1.807, 2.05) is 0 Å². The first-order chi connectivity index (χ1) is 6.15. The molecule has 5 heteroatoms. The topological polar surface area (TPSA) is 73.1 Å². The number of nitriles is 1. The van der Waals surface area contributed by atoms with E-state index >= 15 is 0 Å². The van der Waals surface area contributed by atoms with Crippen LogP contribution in [0.15, 0.2) is 18.2 Å². The first kappa shape index (κ1) is 9.00. The highest BCUT2D eigenvalue weighted by molar-refractivity contribution is 5.94. The summed E-state index contributed by atoms with van der Waals surface area (Å²) in [5, 5.41) is 18.9. The molecule has 0 bridgehead atoms. The number of hydrogen-bond donors (Lipinski definition) is 2. The van der Waals surface area contributed by atoms with E-state index in [-0.39, 0.29) is 11.3 Å². The number of carboxylic acids is 1. The van der Waals surface area contributed by atoms with Crippen LogP contribution < -0.4 is 5.32 Å². The van der Waals surface area contributed by atoms with Gasteiger partial charge in [-0.05, 0) is 18.2 Å². The Morgan fingerprint density at radius 1 is 1.62 bits per heavy atom. The maximum Gasteiger partial charge on any atom is 0.337 e. The Morgan fingerprint density at radius 2 is 2.31 bits per heavy atom. The summed E-state index contributed by atoms with van der Waals surface area (Å²) in [6.07, 6.45) is 1.53. The molecule has 0 unspecified atom stereocenters. The van der Waals surface area contributed by atoms with E-state index in [2.05, 4.69) is 5.32 Å². The minimum absolute atomic E-state index is 0.0463. The van der Waals surface area contributed by atoms with Crippen molar-refractivity contribution in [3.63, 3.8) is 0 Å². The number of carbonyl (C=O) groups is 1. The largest absolute Gasteiger partial charge is 0.478 e. The molecular formula is C8H5FN2O2. The molecule has 13 heavy (non-hydrogen) atoms. The second-order valence-corrected chi connectivity index (χ2v) is 2.23. The van der Waals surface area contributed by atoms with Gasteiger partial charge in [-0.1, -0.05) is 0 Å². The van der Waals surface area contributed by atoms with Gasteiger partial charge in [0.25, 0.3) is 0 Å². The van der Waals surface area contributed by atoms with Crippen LogP contribution in [0.4, 0.5) is 10.1 Å². The summed E-state index contributed by atoms with van der Waals surface area (Å²) in [4.78, 5) is 10.5. The van der Waals surface area contributed by atoms with E-state index in [0.29, 0.717) is 0 Å². The van der Waals surface area contributed by atoms with Crippen molar-refractivity contribution < 1.29 is 14.3 Å². The van der Waals surface area contributed by atoms with Gasteiger partial charge in [0.2, 0.25) is 0 Å². The molecule has 0 aliphatic heterocycles. The molecular weight excluding hydrogens is 175 g/mol. The van der Waals surface area contributed by atoms with Crippen molar-refractivity contribution in [2.75, 3.05) is 5.32 Å². The van der Waals surface area contributed by atoms with Gasteiger partial charge in [-0.2, -0.15) is 5.26 Å². The third-order valence-electron chi connectivity index (χ3n) is 1.40. The van der Waals surface area contributed by atoms with E-state index in [9.17, 15) is 9.18 Å². The second kappa shape index (κ2) is 3.54. The molecule has 0 saturated carbocycles. The maximum absolute atomic E-state index is 12.6. The van der Waals surface area contributed by atoms with Crippen LogP contribution in [-0.2, 0) is 0 Å². The molecule has 0 aromatic heterocycles. The smallest absolute Gasteiger partial charge is 0.337 e. The lowest BCUT2D eigenvalue weighted by Gasteiger charge is -2.02. The number of rotatable bonds is 2. The van der Waals surface area contributed by atoms with Crippen molar-refractivity contribution in [3.05, 3.63) is 29.6 Å². The van der Waals surface area contributed by atoms with Crippen LogP contribution in [0.5, 0.6) is 0 Å². The van der Waals surface area contributed by atoms with E-state index < -0.39 is 11.8 Å². The lowest BCUT2D eigenvalue weighted by molar-refractivity contribution is 0.0698. The SMILES string of the molecule is N#CNc1cc(F)ccc1C(=O)O. The molecule has 0 radical (unpaired) electrons. The Kier molecular flexibility index (Phi) is 2.45. The summed E-state index contributed by atoms with van der Waals surface area (Å²) in [5.41, 5.74) is -0.182. The molecule has 4 nitrogen and oxygen atoms in total. The summed E-state index contributed by atoms with van der Waals surface area (Å²) >= 11 is 0. The summed E-state index contributed by atoms with van der Waals surface area (Å²) in [7, 11) is 0. The van der Waals surface area contributed by atoms with Crippen molar-refractivity contribution in [2.24, 2.45) is 0 Å². The summed E-state index contributed by atoms with van der Waals surface area (Å²) < 4.78 is 12.6. The molecule has 0 saturated heterocycles. The van der Waals surface area contributed by atoms with Gasteiger partial charge in [0.15, 0.2) is 6.19 Å². The van der Waals surface area contributed by atoms with Crippen LogP contribution in [0.3, 0.4) is 0 Å². The fraction of sp³-hybridized carbons (Fsp3) is 0. The molecule has 1 rings (SSSR count). The minimum atomic E-state index is -1.21. The number of carboxylic acid groups (broad SMARTS) is 1. The molecule has 0 amide bonds. The Labute approximate surface area is 73.2 Å². The fourth-order valence-electron chi connectivity index (χ4n) is 0.867. The third-order valence-corrected chi connectivity index (χ3v) is 1.40. The lowest BCUT2D eigenvalue weighted by atomic mass is 10.2. The van der Waals surface area contributed by atoms with E-state index in [1.165, 1.54) is 6.19 Å². The van der Waals surface area contributed by atoms with Gasteiger partial charge in [0, 0.05) is 0 Å². The number of halogens is 1. The zero-order valence-corrected chi connectivity index (χ0v) is 6.41. The molecule has 0 aliphatic rings. The number of benzene rings is 1. The standard InChI is InChI=1S/C8H5FN2O2/c9-5-1-2-6(8(12)13)7(3-5)11-4-10/h1-3,11H,(H,12,13). The van der Waals surface area contributed by atoms with Gasteiger partial charge < -0.3 is 5.11 Å². The van der Waals surface area contributed by atoms with E-state index in [1.54, 1.807) is 0 Å². The highest BCUT2D eigenvalue weighted by Gasteiger charge is 2.09. The third kappa shape index (κ3) is 1.93. The molecule has 1 aromatic rings. The summed E-state index contributed by atoms with van der Waals surface area (Å²) in [6, 6.07) is 3.07. The van der Waals surface area contributed by atoms with Gasteiger partial charge >= 0.3 is 5.97 Å². The van der Waals surface area contributed by atoms with Gasteiger partial charge in [-0.25, -0.2) is 9.18 Å². The number of nitrogens with zero attached hydrogens (tertiary/aromatic N) is 1. The fourth-order valence-corrected chi connectivity index (χ4v) is 0.867. The van der Waals surface area contributed by atoms with E-state index in [4.69, 9.17) is 10.4 Å². The average Bonchev–Trinajstić information content (AvgIpc) is 2.04. The van der Waals surface area contributed by atoms with Crippen LogP contribution >= 0.6 is 0 Å². The quantitative estimate of drug-likeness (QED) is 0.533. The highest BCUT2D eigenvalue weighted by atomic mass is 19.1.